The van der Waals surface area contributed by atoms with E-state index in [1.165, 1.54) is 13.2 Å². The molecule has 1 aliphatic rings. The fourth-order valence-electron chi connectivity index (χ4n) is 2.13. The molecular formula is C13H19FN2O2. The Morgan fingerprint density at radius 3 is 2.94 bits per heavy atom. The fraction of sp³-hybridized carbons (Fsp3) is 0.538. The molecule has 0 spiro atoms. The van der Waals surface area contributed by atoms with Gasteiger partial charge in [0.1, 0.15) is 0 Å². The zero-order chi connectivity index (χ0) is 13.1. The third-order valence-electron chi connectivity index (χ3n) is 3.26. The van der Waals surface area contributed by atoms with E-state index >= 15 is 0 Å². The van der Waals surface area contributed by atoms with Gasteiger partial charge in [-0.15, -0.1) is 0 Å². The lowest BCUT2D eigenvalue weighted by Gasteiger charge is -2.33. The maximum Gasteiger partial charge on any atom is 0.165 e. The van der Waals surface area contributed by atoms with Gasteiger partial charge in [0, 0.05) is 13.1 Å². The van der Waals surface area contributed by atoms with Gasteiger partial charge in [-0.2, -0.15) is 0 Å². The summed E-state index contributed by atoms with van der Waals surface area (Å²) in [5.74, 6) is -0.165. The first-order chi connectivity index (χ1) is 8.61. The van der Waals surface area contributed by atoms with Crippen LogP contribution in [0.3, 0.4) is 0 Å². The lowest BCUT2D eigenvalue weighted by Crippen LogP contribution is -2.45. The summed E-state index contributed by atoms with van der Waals surface area (Å²) in [4.78, 5) is 2.16. The van der Waals surface area contributed by atoms with Crippen molar-refractivity contribution in [1.82, 2.24) is 4.90 Å². The van der Waals surface area contributed by atoms with E-state index in [0.29, 0.717) is 6.61 Å². The van der Waals surface area contributed by atoms with E-state index in [1.807, 2.05) is 7.05 Å². The summed E-state index contributed by atoms with van der Waals surface area (Å²) in [6.45, 7) is 2.32. The number of nitrogens with two attached hydrogens (primary N) is 1. The lowest BCUT2D eigenvalue weighted by molar-refractivity contribution is -0.0326. The van der Waals surface area contributed by atoms with Crippen LogP contribution in [0.2, 0.25) is 0 Å². The Bertz CT molecular complexity index is 414. The Morgan fingerprint density at radius 1 is 1.56 bits per heavy atom. The van der Waals surface area contributed by atoms with Gasteiger partial charge in [0.05, 0.1) is 25.9 Å². The van der Waals surface area contributed by atoms with Crippen LogP contribution in [0.25, 0.3) is 0 Å². The third kappa shape index (κ3) is 2.80. The average molecular weight is 254 g/mol. The van der Waals surface area contributed by atoms with Crippen LogP contribution >= 0.6 is 0 Å². The van der Waals surface area contributed by atoms with E-state index < -0.39 is 5.82 Å². The van der Waals surface area contributed by atoms with Crippen molar-refractivity contribution in [1.29, 1.82) is 0 Å². The molecule has 1 aromatic carbocycles. The normalized spacial score (nSPS) is 22.8. The Morgan fingerprint density at radius 2 is 2.33 bits per heavy atom. The molecule has 2 atom stereocenters. The summed E-state index contributed by atoms with van der Waals surface area (Å²) in [7, 11) is 3.47. The molecule has 1 saturated heterocycles. The number of nitrogens with zero attached hydrogens (tertiary/aromatic N) is 1. The van der Waals surface area contributed by atoms with Gasteiger partial charge in [-0.1, -0.05) is 6.07 Å². The first kappa shape index (κ1) is 13.3. The van der Waals surface area contributed by atoms with Crippen molar-refractivity contribution in [2.45, 2.75) is 12.1 Å². The fourth-order valence-corrected chi connectivity index (χ4v) is 2.13. The minimum absolute atomic E-state index is 0.100. The van der Waals surface area contributed by atoms with E-state index in [1.54, 1.807) is 12.1 Å². The van der Waals surface area contributed by atoms with E-state index in [0.717, 1.165) is 18.7 Å². The van der Waals surface area contributed by atoms with Crippen LogP contribution in [0, 0.1) is 5.82 Å². The summed E-state index contributed by atoms with van der Waals surface area (Å²) in [5, 5.41) is 0. The van der Waals surface area contributed by atoms with Gasteiger partial charge in [-0.05, 0) is 24.7 Å². The predicted octanol–water partition coefficient (Wildman–Crippen LogP) is 1.16. The highest BCUT2D eigenvalue weighted by molar-refractivity contribution is 5.31. The molecule has 4 nitrogen and oxygen atoms in total. The molecule has 18 heavy (non-hydrogen) atoms. The standard InChI is InChI=1S/C13H19FN2O2/c1-16-5-6-18-12(8-16)13(15)9-3-4-11(17-2)10(14)7-9/h3-4,7,12-13H,5-6,8,15H2,1-2H3. The predicted molar refractivity (Wildman–Crippen MR) is 67.1 cm³/mol. The first-order valence-electron chi connectivity index (χ1n) is 6.01. The molecule has 2 N–H and O–H groups in total. The van der Waals surface area contributed by atoms with Crippen LogP contribution in [0.1, 0.15) is 11.6 Å². The Kier molecular flexibility index (Phi) is 4.16. The van der Waals surface area contributed by atoms with Gasteiger partial charge < -0.3 is 20.1 Å². The molecule has 0 bridgehead atoms. The highest BCUT2D eigenvalue weighted by Gasteiger charge is 2.25. The number of likely N-dealkylation sites (N-methyl/N-ethyl adjacent to an activating group) is 1. The van der Waals surface area contributed by atoms with Crippen LogP contribution in [0.4, 0.5) is 4.39 Å². The zero-order valence-corrected chi connectivity index (χ0v) is 10.7. The molecule has 1 heterocycles. The smallest absolute Gasteiger partial charge is 0.165 e. The van der Waals surface area contributed by atoms with E-state index in [2.05, 4.69) is 4.90 Å². The number of ether oxygens (including phenoxy) is 2. The molecule has 0 aromatic heterocycles. The molecule has 100 valence electrons. The van der Waals surface area contributed by atoms with E-state index in [-0.39, 0.29) is 17.9 Å². The van der Waals surface area contributed by atoms with Gasteiger partial charge in [0.25, 0.3) is 0 Å². The van der Waals surface area contributed by atoms with Crippen LogP contribution in [-0.4, -0.2) is 44.9 Å². The minimum atomic E-state index is -0.394. The number of morpholine rings is 1. The largest absolute Gasteiger partial charge is 0.494 e. The van der Waals surface area contributed by atoms with E-state index in [4.69, 9.17) is 15.2 Å². The second-order valence-electron chi connectivity index (χ2n) is 4.59. The van der Waals surface area contributed by atoms with Crippen LogP contribution in [-0.2, 0) is 4.74 Å². The highest BCUT2D eigenvalue weighted by atomic mass is 19.1. The number of benzene rings is 1. The molecule has 0 saturated carbocycles. The summed E-state index contributed by atoms with van der Waals surface area (Å²) in [6, 6.07) is 4.47. The van der Waals surface area contributed by atoms with Crippen molar-refractivity contribution in [2.75, 3.05) is 33.9 Å². The Balaban J connectivity index is 2.12. The monoisotopic (exact) mass is 254 g/mol. The topological polar surface area (TPSA) is 47.7 Å². The van der Waals surface area contributed by atoms with E-state index in [9.17, 15) is 4.39 Å². The molecule has 5 heteroatoms. The first-order valence-corrected chi connectivity index (χ1v) is 6.01. The average Bonchev–Trinajstić information content (AvgIpc) is 2.37. The van der Waals surface area contributed by atoms with Crippen molar-refractivity contribution in [3.05, 3.63) is 29.6 Å². The van der Waals surface area contributed by atoms with Crippen molar-refractivity contribution in [2.24, 2.45) is 5.73 Å². The second kappa shape index (κ2) is 5.65. The van der Waals surface area contributed by atoms with Crippen molar-refractivity contribution >= 4 is 0 Å². The number of hydrogen-bond donors (Lipinski definition) is 1. The van der Waals surface area contributed by atoms with Gasteiger partial charge >= 0.3 is 0 Å². The molecule has 0 aliphatic carbocycles. The van der Waals surface area contributed by atoms with Crippen LogP contribution in [0.15, 0.2) is 18.2 Å². The molecular weight excluding hydrogens is 235 g/mol. The Labute approximate surface area is 106 Å². The van der Waals surface area contributed by atoms with Crippen LogP contribution < -0.4 is 10.5 Å². The molecule has 0 radical (unpaired) electrons. The molecule has 1 fully saturated rings. The summed E-state index contributed by atoms with van der Waals surface area (Å²) >= 11 is 0. The van der Waals surface area contributed by atoms with Crippen molar-refractivity contribution in [3.63, 3.8) is 0 Å². The van der Waals surface area contributed by atoms with Crippen LogP contribution in [0.5, 0.6) is 5.75 Å². The van der Waals surface area contributed by atoms with Gasteiger partial charge in [0.15, 0.2) is 11.6 Å². The maximum absolute atomic E-state index is 13.6. The molecule has 2 unspecified atom stereocenters. The third-order valence-corrected chi connectivity index (χ3v) is 3.26. The number of halogens is 1. The van der Waals surface area contributed by atoms with Crippen molar-refractivity contribution in [3.8, 4) is 5.75 Å². The molecule has 1 aromatic rings. The van der Waals surface area contributed by atoms with Gasteiger partial charge in [0.2, 0.25) is 0 Å². The van der Waals surface area contributed by atoms with Gasteiger partial charge in [-0.25, -0.2) is 4.39 Å². The number of rotatable bonds is 3. The second-order valence-corrected chi connectivity index (χ2v) is 4.59. The Hall–Kier alpha value is -1.17. The number of methoxy groups -OCH3 is 1. The summed E-state index contributed by atoms with van der Waals surface area (Å²) < 4.78 is 24.2. The lowest BCUT2D eigenvalue weighted by atomic mass is 10.0. The SMILES string of the molecule is COc1ccc(C(N)C2CN(C)CCO2)cc1F. The summed E-state index contributed by atoms with van der Waals surface area (Å²) in [5.41, 5.74) is 6.86. The minimum Gasteiger partial charge on any atom is -0.494 e. The van der Waals surface area contributed by atoms with Gasteiger partial charge in [-0.3, -0.25) is 0 Å². The highest BCUT2D eigenvalue weighted by Crippen LogP contribution is 2.24. The van der Waals surface area contributed by atoms with Crippen molar-refractivity contribution < 1.29 is 13.9 Å². The quantitative estimate of drug-likeness (QED) is 0.879. The molecule has 1 aliphatic heterocycles. The molecule has 0 amide bonds. The molecule has 2 rings (SSSR count). The summed E-state index contributed by atoms with van der Waals surface area (Å²) in [6.07, 6.45) is -0.100. The maximum atomic E-state index is 13.6. The number of hydrogen-bond acceptors (Lipinski definition) is 4. The zero-order valence-electron chi connectivity index (χ0n) is 10.7.